The number of carbonyl (C=O) groups excluding carboxylic acids is 1. The quantitative estimate of drug-likeness (QED) is 0.503. The number of amides is 1. The number of para-hydroxylation sites is 1. The monoisotopic (exact) mass is 398 g/mol. The molecule has 1 amide bonds. The number of benzene rings is 2. The van der Waals surface area contributed by atoms with Crippen LogP contribution in [-0.2, 0) is 0 Å². The van der Waals surface area contributed by atoms with Crippen LogP contribution >= 0.6 is 11.3 Å². The highest BCUT2D eigenvalue weighted by atomic mass is 32.1. The molecule has 6 heteroatoms. The van der Waals surface area contributed by atoms with Crippen molar-refractivity contribution in [1.82, 2.24) is 19.9 Å². The van der Waals surface area contributed by atoms with Gasteiger partial charge in [-0.05, 0) is 29.7 Å². The van der Waals surface area contributed by atoms with E-state index in [4.69, 9.17) is 0 Å². The number of hydrogen-bond acceptors (Lipinski definition) is 5. The molecule has 0 N–H and O–H groups in total. The van der Waals surface area contributed by atoms with Crippen LogP contribution in [0, 0.1) is 0 Å². The molecule has 0 unspecified atom stereocenters. The van der Waals surface area contributed by atoms with Crippen LogP contribution in [0.4, 0.5) is 0 Å². The number of carbonyl (C=O) groups is 1. The minimum Gasteiger partial charge on any atom is -0.333 e. The lowest BCUT2D eigenvalue weighted by Crippen LogP contribution is -2.35. The van der Waals surface area contributed by atoms with Crippen molar-refractivity contribution >= 4 is 33.0 Å². The Balaban J connectivity index is 1.43. The van der Waals surface area contributed by atoms with Gasteiger partial charge in [0.15, 0.2) is 5.69 Å². The Kier molecular flexibility index (Phi) is 4.62. The molecule has 2 aromatic heterocycles. The van der Waals surface area contributed by atoms with E-state index in [1.807, 2.05) is 47.4 Å². The Bertz CT molecular complexity index is 1180. The fraction of sp³-hybridized carbons (Fsp3) is 0.130. The molecule has 0 spiro atoms. The minimum absolute atomic E-state index is 0.101. The van der Waals surface area contributed by atoms with Crippen LogP contribution in [0.5, 0.6) is 0 Å². The predicted octanol–water partition coefficient (Wildman–Crippen LogP) is 4.68. The fourth-order valence-corrected chi connectivity index (χ4v) is 4.51. The van der Waals surface area contributed by atoms with Crippen LogP contribution in [0.15, 0.2) is 73.1 Å². The topological polar surface area (TPSA) is 59.0 Å². The van der Waals surface area contributed by atoms with Gasteiger partial charge in [0.2, 0.25) is 0 Å². The molecule has 0 radical (unpaired) electrons. The van der Waals surface area contributed by atoms with Gasteiger partial charge in [-0.1, -0.05) is 48.5 Å². The lowest BCUT2D eigenvalue weighted by Gasteiger charge is -2.26. The molecular weight excluding hydrogens is 380 g/mol. The Hall–Kier alpha value is -3.38. The summed E-state index contributed by atoms with van der Waals surface area (Å²) in [6.45, 7) is 1.23. The summed E-state index contributed by atoms with van der Waals surface area (Å²) in [6, 6.07) is 18.2. The summed E-state index contributed by atoms with van der Waals surface area (Å²) in [7, 11) is 0. The van der Waals surface area contributed by atoms with Crippen LogP contribution in [0.3, 0.4) is 0 Å². The van der Waals surface area contributed by atoms with Gasteiger partial charge in [-0.15, -0.1) is 11.3 Å². The maximum absolute atomic E-state index is 13.2. The molecule has 142 valence electrons. The number of nitrogens with zero attached hydrogens (tertiary/aromatic N) is 4. The number of fused-ring (bicyclic) bond motifs is 1. The number of thiazole rings is 1. The first kappa shape index (κ1) is 17.7. The third-order valence-corrected chi connectivity index (χ3v) is 6.08. The van der Waals surface area contributed by atoms with Gasteiger partial charge in [0.25, 0.3) is 5.91 Å². The van der Waals surface area contributed by atoms with E-state index in [0.717, 1.165) is 21.6 Å². The first-order chi connectivity index (χ1) is 14.3. The van der Waals surface area contributed by atoms with Gasteiger partial charge >= 0.3 is 0 Å². The Labute approximate surface area is 172 Å². The average molecular weight is 398 g/mol. The summed E-state index contributed by atoms with van der Waals surface area (Å²) in [6.07, 6.45) is 6.14. The SMILES string of the molecule is O=C(c1nccnc1-c1nc2ccccc2s1)N1CC=C(c2ccccc2)CC1. The van der Waals surface area contributed by atoms with Gasteiger partial charge in [-0.25, -0.2) is 15.0 Å². The third-order valence-electron chi connectivity index (χ3n) is 5.04. The second-order valence-corrected chi connectivity index (χ2v) is 7.87. The van der Waals surface area contributed by atoms with Gasteiger partial charge in [0.05, 0.1) is 10.2 Å². The van der Waals surface area contributed by atoms with Crippen LogP contribution < -0.4 is 0 Å². The summed E-state index contributed by atoms with van der Waals surface area (Å²) < 4.78 is 1.07. The van der Waals surface area contributed by atoms with Crippen LogP contribution in [-0.4, -0.2) is 38.8 Å². The van der Waals surface area contributed by atoms with Crippen molar-refractivity contribution in [3.63, 3.8) is 0 Å². The Morgan fingerprint density at radius 1 is 0.966 bits per heavy atom. The van der Waals surface area contributed by atoms with E-state index in [1.165, 1.54) is 22.5 Å². The molecule has 2 aromatic carbocycles. The van der Waals surface area contributed by atoms with Crippen molar-refractivity contribution in [2.24, 2.45) is 0 Å². The maximum atomic E-state index is 13.2. The lowest BCUT2D eigenvalue weighted by atomic mass is 9.99. The van der Waals surface area contributed by atoms with E-state index in [1.54, 1.807) is 12.4 Å². The minimum atomic E-state index is -0.101. The fourth-order valence-electron chi connectivity index (χ4n) is 3.54. The van der Waals surface area contributed by atoms with E-state index in [2.05, 4.69) is 33.2 Å². The molecule has 0 bridgehead atoms. The van der Waals surface area contributed by atoms with Crippen LogP contribution in [0.1, 0.15) is 22.5 Å². The van der Waals surface area contributed by atoms with Crippen molar-refractivity contribution < 1.29 is 4.79 Å². The molecule has 29 heavy (non-hydrogen) atoms. The van der Waals surface area contributed by atoms with Gasteiger partial charge in [-0.3, -0.25) is 4.79 Å². The molecule has 3 heterocycles. The molecule has 4 aromatic rings. The molecule has 1 aliphatic heterocycles. The van der Waals surface area contributed by atoms with Crippen molar-refractivity contribution in [2.75, 3.05) is 13.1 Å². The van der Waals surface area contributed by atoms with Crippen LogP contribution in [0.2, 0.25) is 0 Å². The van der Waals surface area contributed by atoms with Gasteiger partial charge in [0, 0.05) is 25.5 Å². The zero-order valence-corrected chi connectivity index (χ0v) is 16.5. The standard InChI is InChI=1S/C23H18N4OS/c28-23(27-14-10-17(11-15-27)16-6-2-1-3-7-16)21-20(24-12-13-25-21)22-26-18-8-4-5-9-19(18)29-22/h1-10,12-13H,11,14-15H2. The smallest absolute Gasteiger partial charge is 0.275 e. The Morgan fingerprint density at radius 2 is 1.76 bits per heavy atom. The van der Waals surface area contributed by atoms with E-state index < -0.39 is 0 Å². The van der Waals surface area contributed by atoms with E-state index in [0.29, 0.717) is 24.5 Å². The molecule has 0 atom stereocenters. The van der Waals surface area contributed by atoms with Gasteiger partial charge in [-0.2, -0.15) is 0 Å². The first-order valence-corrected chi connectivity index (χ1v) is 10.3. The zero-order valence-electron chi connectivity index (χ0n) is 15.7. The molecule has 0 saturated carbocycles. The largest absolute Gasteiger partial charge is 0.333 e. The zero-order chi connectivity index (χ0) is 19.6. The molecule has 0 fully saturated rings. The van der Waals surface area contributed by atoms with Crippen molar-refractivity contribution in [3.05, 3.63) is 84.3 Å². The predicted molar refractivity (Wildman–Crippen MR) is 116 cm³/mol. The Morgan fingerprint density at radius 3 is 2.55 bits per heavy atom. The molecule has 0 saturated heterocycles. The highest BCUT2D eigenvalue weighted by Crippen LogP contribution is 2.31. The van der Waals surface area contributed by atoms with E-state index in [-0.39, 0.29) is 5.91 Å². The second-order valence-electron chi connectivity index (χ2n) is 6.84. The second kappa shape index (κ2) is 7.56. The average Bonchev–Trinajstić information content (AvgIpc) is 3.23. The van der Waals surface area contributed by atoms with Gasteiger partial charge < -0.3 is 4.90 Å². The number of rotatable bonds is 3. The van der Waals surface area contributed by atoms with Crippen molar-refractivity contribution in [2.45, 2.75) is 6.42 Å². The van der Waals surface area contributed by atoms with Crippen molar-refractivity contribution in [3.8, 4) is 10.7 Å². The summed E-state index contributed by atoms with van der Waals surface area (Å²) in [5.74, 6) is -0.101. The number of hydrogen-bond donors (Lipinski definition) is 0. The summed E-state index contributed by atoms with van der Waals surface area (Å²) >= 11 is 1.53. The van der Waals surface area contributed by atoms with Gasteiger partial charge in [0.1, 0.15) is 10.7 Å². The molecule has 5 nitrogen and oxygen atoms in total. The van der Waals surface area contributed by atoms with E-state index >= 15 is 0 Å². The third kappa shape index (κ3) is 3.43. The lowest BCUT2D eigenvalue weighted by molar-refractivity contribution is 0.0767. The molecule has 1 aliphatic rings. The summed E-state index contributed by atoms with van der Waals surface area (Å²) in [5.41, 5.74) is 4.32. The highest BCUT2D eigenvalue weighted by molar-refractivity contribution is 7.21. The summed E-state index contributed by atoms with van der Waals surface area (Å²) in [4.78, 5) is 28.5. The molecule has 0 aliphatic carbocycles. The first-order valence-electron chi connectivity index (χ1n) is 9.50. The normalized spacial score (nSPS) is 14.1. The molecule has 5 rings (SSSR count). The molecular formula is C23H18N4OS. The highest BCUT2D eigenvalue weighted by Gasteiger charge is 2.25. The maximum Gasteiger partial charge on any atom is 0.275 e. The van der Waals surface area contributed by atoms with Crippen molar-refractivity contribution in [1.29, 1.82) is 0 Å². The summed E-state index contributed by atoms with van der Waals surface area (Å²) in [5, 5.41) is 0.722. The van der Waals surface area contributed by atoms with E-state index in [9.17, 15) is 4.79 Å². The van der Waals surface area contributed by atoms with Crippen LogP contribution in [0.25, 0.3) is 26.5 Å². The number of aromatic nitrogens is 3.